The summed E-state index contributed by atoms with van der Waals surface area (Å²) in [5, 5.41) is 9.53. The summed E-state index contributed by atoms with van der Waals surface area (Å²) in [5.41, 5.74) is 2.38. The minimum Gasteiger partial charge on any atom is -0.497 e. The van der Waals surface area contributed by atoms with Crippen molar-refractivity contribution in [3.63, 3.8) is 0 Å². The van der Waals surface area contributed by atoms with Gasteiger partial charge in [-0.15, -0.1) is 24.0 Å². The number of likely N-dealkylation sites (tertiary alicyclic amines) is 1. The van der Waals surface area contributed by atoms with Gasteiger partial charge in [0.2, 0.25) is 5.91 Å². The van der Waals surface area contributed by atoms with Crippen LogP contribution in [-0.2, 0) is 17.9 Å². The summed E-state index contributed by atoms with van der Waals surface area (Å²) in [6.45, 7) is 4.95. The predicted octanol–water partition coefficient (Wildman–Crippen LogP) is 3.15. The number of nitrogens with one attached hydrogen (secondary N) is 3. The zero-order valence-electron chi connectivity index (χ0n) is 19.7. The topological polar surface area (TPSA) is 78.0 Å². The first kappa shape index (κ1) is 26.9. The van der Waals surface area contributed by atoms with Crippen molar-refractivity contribution in [2.24, 2.45) is 4.99 Å². The van der Waals surface area contributed by atoms with Gasteiger partial charge in [-0.05, 0) is 43.0 Å². The van der Waals surface area contributed by atoms with E-state index >= 15 is 0 Å². The number of hydrogen-bond acceptors (Lipinski definition) is 4. The maximum Gasteiger partial charge on any atom is 0.239 e. The molecule has 180 valence electrons. The summed E-state index contributed by atoms with van der Waals surface area (Å²) in [7, 11) is 3.37. The van der Waals surface area contributed by atoms with Crippen LogP contribution in [-0.4, -0.2) is 56.1 Å². The van der Waals surface area contributed by atoms with Crippen LogP contribution in [0.2, 0.25) is 0 Å². The Morgan fingerprint density at radius 3 is 2.45 bits per heavy atom. The maximum absolute atomic E-state index is 12.2. The molecule has 0 aromatic heterocycles. The van der Waals surface area contributed by atoms with Gasteiger partial charge in [0.15, 0.2) is 5.96 Å². The molecule has 3 N–H and O–H groups in total. The number of benzene rings is 2. The monoisotopic (exact) mass is 565 g/mol. The Hall–Kier alpha value is -2.33. The maximum atomic E-state index is 12.2. The molecule has 1 aliphatic heterocycles. The second-order valence-electron chi connectivity index (χ2n) is 8.22. The van der Waals surface area contributed by atoms with E-state index in [0.717, 1.165) is 37.2 Å². The van der Waals surface area contributed by atoms with Crippen molar-refractivity contribution >= 4 is 35.8 Å². The molecule has 2 aromatic carbocycles. The van der Waals surface area contributed by atoms with Crippen LogP contribution in [0, 0.1) is 0 Å². The van der Waals surface area contributed by atoms with Gasteiger partial charge in [-0.25, -0.2) is 0 Å². The van der Waals surface area contributed by atoms with E-state index in [1.807, 2.05) is 24.3 Å². The molecule has 2 atom stereocenters. The average molecular weight is 566 g/mol. The molecule has 1 amide bonds. The van der Waals surface area contributed by atoms with Crippen LogP contribution in [0.25, 0.3) is 0 Å². The average Bonchev–Trinajstić information content (AvgIpc) is 2.83. The van der Waals surface area contributed by atoms with Gasteiger partial charge >= 0.3 is 0 Å². The Bertz CT molecular complexity index is 876. The highest BCUT2D eigenvalue weighted by Crippen LogP contribution is 2.20. The molecular formula is C25H36IN5O2. The molecule has 7 nitrogen and oxygen atoms in total. The van der Waals surface area contributed by atoms with E-state index in [1.54, 1.807) is 14.2 Å². The Kier molecular flexibility index (Phi) is 11.5. The predicted molar refractivity (Wildman–Crippen MR) is 144 cm³/mol. The van der Waals surface area contributed by atoms with E-state index < -0.39 is 0 Å². The molecule has 0 aliphatic carbocycles. The van der Waals surface area contributed by atoms with Crippen LogP contribution in [0.15, 0.2) is 59.6 Å². The lowest BCUT2D eigenvalue weighted by Gasteiger charge is -2.38. The summed E-state index contributed by atoms with van der Waals surface area (Å²) in [6, 6.07) is 19.1. The van der Waals surface area contributed by atoms with Gasteiger partial charge in [-0.3, -0.25) is 14.7 Å². The van der Waals surface area contributed by atoms with Gasteiger partial charge in [-0.1, -0.05) is 42.5 Å². The van der Waals surface area contributed by atoms with Crippen molar-refractivity contribution in [3.8, 4) is 5.75 Å². The number of aliphatic imine (C=N–C) groups is 1. The minimum absolute atomic E-state index is 0. The molecule has 8 heteroatoms. The molecule has 0 spiro atoms. The fourth-order valence-electron chi connectivity index (χ4n) is 3.96. The Morgan fingerprint density at radius 1 is 1.09 bits per heavy atom. The van der Waals surface area contributed by atoms with Crippen molar-refractivity contribution in [2.45, 2.75) is 44.9 Å². The highest BCUT2D eigenvalue weighted by Gasteiger charge is 2.26. The molecule has 2 aromatic rings. The third-order valence-electron chi connectivity index (χ3n) is 5.87. The van der Waals surface area contributed by atoms with Crippen molar-refractivity contribution in [1.82, 2.24) is 20.9 Å². The largest absolute Gasteiger partial charge is 0.497 e. The number of guanidine groups is 1. The summed E-state index contributed by atoms with van der Waals surface area (Å²) in [6.07, 6.45) is 2.08. The second kappa shape index (κ2) is 14.0. The van der Waals surface area contributed by atoms with Crippen LogP contribution in [0.4, 0.5) is 0 Å². The highest BCUT2D eigenvalue weighted by molar-refractivity contribution is 14.0. The molecule has 2 unspecified atom stereocenters. The standard InChI is InChI=1S/C25H35N5O2.HI/c1-19-15-22(13-14-30(19)18-21-7-5-4-6-8-21)29-25(26-2)28-17-24(31)27-16-20-9-11-23(32-3)12-10-20;/h4-12,19,22H,13-18H2,1-3H3,(H,27,31)(H2,26,28,29);1H. The molecule has 0 radical (unpaired) electrons. The zero-order chi connectivity index (χ0) is 22.8. The number of halogens is 1. The normalized spacial score (nSPS) is 18.7. The van der Waals surface area contributed by atoms with Gasteiger partial charge in [-0.2, -0.15) is 0 Å². The van der Waals surface area contributed by atoms with Crippen molar-refractivity contribution in [1.29, 1.82) is 0 Å². The van der Waals surface area contributed by atoms with Crippen LogP contribution >= 0.6 is 24.0 Å². The number of amides is 1. The molecule has 33 heavy (non-hydrogen) atoms. The Labute approximate surface area is 214 Å². The van der Waals surface area contributed by atoms with E-state index in [9.17, 15) is 4.79 Å². The third-order valence-corrected chi connectivity index (χ3v) is 5.87. The van der Waals surface area contributed by atoms with E-state index in [0.29, 0.717) is 24.6 Å². The first-order valence-electron chi connectivity index (χ1n) is 11.2. The molecule has 1 saturated heterocycles. The first-order valence-corrected chi connectivity index (χ1v) is 11.2. The smallest absolute Gasteiger partial charge is 0.239 e. The zero-order valence-corrected chi connectivity index (χ0v) is 22.0. The first-order chi connectivity index (χ1) is 15.6. The third kappa shape index (κ3) is 8.85. The molecule has 0 saturated carbocycles. The molecular weight excluding hydrogens is 529 g/mol. The summed E-state index contributed by atoms with van der Waals surface area (Å²) in [4.78, 5) is 19.0. The quantitative estimate of drug-likeness (QED) is 0.261. The number of ether oxygens (including phenoxy) is 1. The van der Waals surface area contributed by atoms with Gasteiger partial charge in [0, 0.05) is 38.8 Å². The Morgan fingerprint density at radius 2 is 1.82 bits per heavy atom. The molecule has 1 aliphatic rings. The molecule has 1 heterocycles. The van der Waals surface area contributed by atoms with Gasteiger partial charge in [0.05, 0.1) is 13.7 Å². The number of methoxy groups -OCH3 is 1. The number of nitrogens with zero attached hydrogens (tertiary/aromatic N) is 2. The van der Waals surface area contributed by atoms with Crippen molar-refractivity contribution in [2.75, 3.05) is 27.2 Å². The number of piperidine rings is 1. The number of rotatable bonds is 8. The molecule has 3 rings (SSSR count). The summed E-state index contributed by atoms with van der Waals surface area (Å²) >= 11 is 0. The SMILES string of the molecule is CN=C(NCC(=O)NCc1ccc(OC)cc1)NC1CCN(Cc2ccccc2)C(C)C1.I. The second-order valence-corrected chi connectivity index (χ2v) is 8.22. The van der Waals surface area contributed by atoms with E-state index in [2.05, 4.69) is 63.1 Å². The van der Waals surface area contributed by atoms with Gasteiger partial charge < -0.3 is 20.7 Å². The lowest BCUT2D eigenvalue weighted by Crippen LogP contribution is -2.52. The van der Waals surface area contributed by atoms with E-state index in [-0.39, 0.29) is 36.4 Å². The minimum atomic E-state index is -0.0742. The van der Waals surface area contributed by atoms with Crippen LogP contribution < -0.4 is 20.7 Å². The molecule has 1 fully saturated rings. The van der Waals surface area contributed by atoms with Gasteiger partial charge in [0.25, 0.3) is 0 Å². The molecule has 0 bridgehead atoms. The fraction of sp³-hybridized carbons (Fsp3) is 0.440. The number of carbonyl (C=O) groups excluding carboxylic acids is 1. The van der Waals surface area contributed by atoms with Crippen LogP contribution in [0.5, 0.6) is 5.75 Å². The highest BCUT2D eigenvalue weighted by atomic mass is 127. The van der Waals surface area contributed by atoms with Crippen molar-refractivity contribution in [3.05, 3.63) is 65.7 Å². The summed E-state index contributed by atoms with van der Waals surface area (Å²) < 4.78 is 5.15. The summed E-state index contributed by atoms with van der Waals surface area (Å²) in [5.74, 6) is 1.39. The van der Waals surface area contributed by atoms with Crippen LogP contribution in [0.3, 0.4) is 0 Å². The van der Waals surface area contributed by atoms with E-state index in [4.69, 9.17) is 4.74 Å². The lowest BCUT2D eigenvalue weighted by molar-refractivity contribution is -0.120. The lowest BCUT2D eigenvalue weighted by atomic mass is 9.97. The van der Waals surface area contributed by atoms with Crippen LogP contribution in [0.1, 0.15) is 30.9 Å². The van der Waals surface area contributed by atoms with Crippen molar-refractivity contribution < 1.29 is 9.53 Å². The number of carbonyl (C=O) groups is 1. The fourth-order valence-corrected chi connectivity index (χ4v) is 3.96. The van der Waals surface area contributed by atoms with Gasteiger partial charge in [0.1, 0.15) is 5.75 Å². The van der Waals surface area contributed by atoms with E-state index in [1.165, 1.54) is 5.56 Å². The number of hydrogen-bond donors (Lipinski definition) is 3. The Balaban J connectivity index is 0.00000385.